The van der Waals surface area contributed by atoms with Crippen LogP contribution in [0.5, 0.6) is 0 Å². The third kappa shape index (κ3) is 5.86. The Morgan fingerprint density at radius 2 is 1.77 bits per heavy atom. The monoisotopic (exact) mass is 441 g/mol. The number of amides is 2. The zero-order valence-corrected chi connectivity index (χ0v) is 18.2. The van der Waals surface area contributed by atoms with Gasteiger partial charge in [-0.15, -0.1) is 11.8 Å². The molecule has 3 atom stereocenters. The van der Waals surface area contributed by atoms with Crippen molar-refractivity contribution in [1.29, 1.82) is 0 Å². The van der Waals surface area contributed by atoms with Crippen LogP contribution in [0.15, 0.2) is 54.6 Å². The summed E-state index contributed by atoms with van der Waals surface area (Å²) in [6, 6.07) is 15.5. The lowest BCUT2D eigenvalue weighted by molar-refractivity contribution is -0.131. The highest BCUT2D eigenvalue weighted by Crippen LogP contribution is 2.40. The molecule has 5 nitrogen and oxygen atoms in total. The van der Waals surface area contributed by atoms with Crippen LogP contribution in [0.4, 0.5) is 4.39 Å². The van der Waals surface area contributed by atoms with Gasteiger partial charge in [0.1, 0.15) is 11.9 Å². The van der Waals surface area contributed by atoms with Crippen molar-refractivity contribution in [2.45, 2.75) is 37.3 Å². The number of rotatable bonds is 9. The molecular formula is C24H28FN3O2S. The molecule has 2 N–H and O–H groups in total. The van der Waals surface area contributed by atoms with Crippen LogP contribution in [-0.4, -0.2) is 53.5 Å². The van der Waals surface area contributed by atoms with Gasteiger partial charge in [-0.3, -0.25) is 9.59 Å². The Kier molecular flexibility index (Phi) is 7.25. The van der Waals surface area contributed by atoms with E-state index in [1.54, 1.807) is 23.9 Å². The van der Waals surface area contributed by atoms with Gasteiger partial charge < -0.3 is 15.5 Å². The van der Waals surface area contributed by atoms with E-state index in [2.05, 4.69) is 10.6 Å². The first kappa shape index (κ1) is 21.8. The van der Waals surface area contributed by atoms with E-state index in [-0.39, 0.29) is 17.6 Å². The van der Waals surface area contributed by atoms with Crippen LogP contribution in [0, 0.1) is 5.82 Å². The number of likely N-dealkylation sites (tertiary alicyclic amines) is 1. The minimum atomic E-state index is -0.537. The molecule has 0 bridgehead atoms. The number of hydrogen-bond acceptors (Lipinski definition) is 4. The van der Waals surface area contributed by atoms with Gasteiger partial charge in [-0.05, 0) is 49.1 Å². The lowest BCUT2D eigenvalue weighted by Gasteiger charge is -2.24. The molecule has 164 valence electrons. The number of carbonyl (C=O) groups is 2. The maximum atomic E-state index is 13.1. The predicted octanol–water partition coefficient (Wildman–Crippen LogP) is 3.38. The molecule has 31 heavy (non-hydrogen) atoms. The summed E-state index contributed by atoms with van der Waals surface area (Å²) in [7, 11) is 0. The van der Waals surface area contributed by atoms with Gasteiger partial charge >= 0.3 is 0 Å². The minimum absolute atomic E-state index is 0.00453. The maximum Gasteiger partial charge on any atom is 0.251 e. The van der Waals surface area contributed by atoms with Gasteiger partial charge in [0.2, 0.25) is 5.91 Å². The van der Waals surface area contributed by atoms with E-state index >= 15 is 0 Å². The van der Waals surface area contributed by atoms with Crippen molar-refractivity contribution in [3.63, 3.8) is 0 Å². The lowest BCUT2D eigenvalue weighted by Crippen LogP contribution is -2.49. The number of benzene rings is 2. The van der Waals surface area contributed by atoms with Gasteiger partial charge in [-0.25, -0.2) is 4.39 Å². The Morgan fingerprint density at radius 3 is 2.48 bits per heavy atom. The lowest BCUT2D eigenvalue weighted by atomic mass is 10.1. The second kappa shape index (κ2) is 10.3. The molecule has 2 amide bonds. The Morgan fingerprint density at radius 1 is 1.06 bits per heavy atom. The van der Waals surface area contributed by atoms with Crippen LogP contribution in [-0.2, 0) is 4.79 Å². The van der Waals surface area contributed by atoms with Crippen LogP contribution < -0.4 is 10.6 Å². The van der Waals surface area contributed by atoms with E-state index in [9.17, 15) is 14.0 Å². The van der Waals surface area contributed by atoms with Crippen molar-refractivity contribution >= 4 is 23.6 Å². The summed E-state index contributed by atoms with van der Waals surface area (Å²) < 4.78 is 13.1. The summed E-state index contributed by atoms with van der Waals surface area (Å²) in [4.78, 5) is 27.4. The molecule has 1 aliphatic carbocycles. The largest absolute Gasteiger partial charge is 0.341 e. The van der Waals surface area contributed by atoms with Crippen LogP contribution in [0.2, 0.25) is 0 Å². The van der Waals surface area contributed by atoms with E-state index in [0.717, 1.165) is 37.9 Å². The number of nitrogens with one attached hydrogen (secondary N) is 2. The van der Waals surface area contributed by atoms with Crippen LogP contribution in [0.25, 0.3) is 0 Å². The second-order valence-corrected chi connectivity index (χ2v) is 9.17. The van der Waals surface area contributed by atoms with E-state index in [1.807, 2.05) is 35.2 Å². The summed E-state index contributed by atoms with van der Waals surface area (Å²) in [5, 5.41) is 6.44. The van der Waals surface area contributed by atoms with Crippen molar-refractivity contribution in [2.24, 2.45) is 0 Å². The molecule has 2 aliphatic rings. The highest BCUT2D eigenvalue weighted by atomic mass is 32.2. The molecule has 0 aromatic heterocycles. The number of thioether (sulfide) groups is 1. The summed E-state index contributed by atoms with van der Waals surface area (Å²) >= 11 is 1.62. The molecule has 1 heterocycles. The highest BCUT2D eigenvalue weighted by Gasteiger charge is 2.37. The normalized spacial score (nSPS) is 21.0. The third-order valence-electron chi connectivity index (χ3n) is 5.88. The van der Waals surface area contributed by atoms with Crippen molar-refractivity contribution < 1.29 is 14.0 Å². The van der Waals surface area contributed by atoms with Crippen LogP contribution >= 0.6 is 11.8 Å². The van der Waals surface area contributed by atoms with Crippen molar-refractivity contribution in [3.8, 4) is 0 Å². The van der Waals surface area contributed by atoms with E-state index in [4.69, 9.17) is 0 Å². The molecule has 2 fully saturated rings. The standard InChI is InChI=1S/C24H28FN3O2S/c25-19-10-8-17(9-11-19)20-14-21(20)26-16-31-15-22(24(30)28-12-4-5-13-28)27-23(29)18-6-2-1-3-7-18/h1-3,6-11,20-22,26H,4-5,12-16H2,(H,27,29)/t20-,21?,22-/m0/s1. The Balaban J connectivity index is 1.27. The smallest absolute Gasteiger partial charge is 0.251 e. The van der Waals surface area contributed by atoms with E-state index < -0.39 is 6.04 Å². The first-order valence-electron chi connectivity index (χ1n) is 10.8. The topological polar surface area (TPSA) is 61.4 Å². The van der Waals surface area contributed by atoms with Crippen molar-refractivity contribution in [1.82, 2.24) is 15.5 Å². The molecule has 7 heteroatoms. The fraction of sp³-hybridized carbons (Fsp3) is 0.417. The fourth-order valence-corrected chi connectivity index (χ4v) is 4.92. The zero-order chi connectivity index (χ0) is 21.6. The van der Waals surface area contributed by atoms with Gasteiger partial charge in [0, 0.05) is 42.2 Å². The quantitative estimate of drug-likeness (QED) is 0.463. The SMILES string of the molecule is O=C(N[C@@H](CSCNC1C[C@H]1c1ccc(F)cc1)C(=O)N1CCCC1)c1ccccc1. The summed E-state index contributed by atoms with van der Waals surface area (Å²) in [6.45, 7) is 1.53. The molecule has 2 aromatic carbocycles. The van der Waals surface area contributed by atoms with Crippen molar-refractivity contribution in [3.05, 3.63) is 71.5 Å². The zero-order valence-electron chi connectivity index (χ0n) is 17.4. The van der Waals surface area contributed by atoms with Gasteiger partial charge in [-0.2, -0.15) is 0 Å². The number of hydrogen-bond donors (Lipinski definition) is 2. The number of carbonyl (C=O) groups excluding carboxylic acids is 2. The molecule has 0 radical (unpaired) electrons. The van der Waals surface area contributed by atoms with Gasteiger partial charge in [-0.1, -0.05) is 30.3 Å². The average Bonchev–Trinajstić information content (AvgIpc) is 3.35. The van der Waals surface area contributed by atoms with E-state index in [1.165, 1.54) is 12.1 Å². The minimum Gasteiger partial charge on any atom is -0.341 e. The Hall–Kier alpha value is -2.38. The summed E-state index contributed by atoms with van der Waals surface area (Å²) in [5.41, 5.74) is 1.71. The number of nitrogens with zero attached hydrogens (tertiary/aromatic N) is 1. The predicted molar refractivity (Wildman–Crippen MR) is 122 cm³/mol. The summed E-state index contributed by atoms with van der Waals surface area (Å²) in [6.07, 6.45) is 3.07. The molecule has 1 saturated carbocycles. The van der Waals surface area contributed by atoms with Crippen LogP contribution in [0.1, 0.15) is 41.1 Å². The Labute approximate surface area is 186 Å². The third-order valence-corrected chi connectivity index (χ3v) is 6.82. The highest BCUT2D eigenvalue weighted by molar-refractivity contribution is 7.99. The first-order valence-corrected chi connectivity index (χ1v) is 12.0. The van der Waals surface area contributed by atoms with Gasteiger partial charge in [0.05, 0.1) is 0 Å². The maximum absolute atomic E-state index is 13.1. The average molecular weight is 442 g/mol. The number of halogens is 1. The molecule has 0 spiro atoms. The van der Waals surface area contributed by atoms with Gasteiger partial charge in [0.25, 0.3) is 5.91 Å². The molecule has 4 rings (SSSR count). The Bertz CT molecular complexity index is 887. The fourth-order valence-electron chi connectivity index (χ4n) is 4.01. The summed E-state index contributed by atoms with van der Waals surface area (Å²) in [5.74, 6) is 1.22. The second-order valence-electron chi connectivity index (χ2n) is 8.14. The molecular weight excluding hydrogens is 413 g/mol. The van der Waals surface area contributed by atoms with Crippen LogP contribution in [0.3, 0.4) is 0 Å². The van der Waals surface area contributed by atoms with Crippen molar-refractivity contribution in [2.75, 3.05) is 24.7 Å². The van der Waals surface area contributed by atoms with E-state index in [0.29, 0.717) is 29.2 Å². The molecule has 1 saturated heterocycles. The van der Waals surface area contributed by atoms with Gasteiger partial charge in [0.15, 0.2) is 0 Å². The first-order chi connectivity index (χ1) is 15.1. The molecule has 1 aliphatic heterocycles. The molecule has 1 unspecified atom stereocenters. The molecule has 2 aromatic rings.